The topological polar surface area (TPSA) is 50.9 Å². The minimum Gasteiger partial charge on any atom is -0.494 e. The maximum atomic E-state index is 13.7. The van der Waals surface area contributed by atoms with E-state index in [0.717, 1.165) is 43.0 Å². The molecule has 0 spiro atoms. The quantitative estimate of drug-likeness (QED) is 0.686. The zero-order valence-electron chi connectivity index (χ0n) is 12.8. The number of nitrogens with zero attached hydrogens (tertiary/aromatic N) is 2. The van der Waals surface area contributed by atoms with Crippen LogP contribution in [-0.2, 0) is 0 Å². The largest absolute Gasteiger partial charge is 0.494 e. The van der Waals surface area contributed by atoms with Crippen molar-refractivity contribution >= 4 is 17.7 Å². The number of aliphatic imine (C=N–C) groups is 1. The Morgan fingerprint density at radius 1 is 1.36 bits per heavy atom. The number of hydrogen-bond donors (Lipinski definition) is 1. The summed E-state index contributed by atoms with van der Waals surface area (Å²) in [4.78, 5) is 6.79. The third-order valence-electron chi connectivity index (χ3n) is 4.41. The van der Waals surface area contributed by atoms with Crippen LogP contribution in [0.3, 0.4) is 0 Å². The van der Waals surface area contributed by atoms with E-state index in [0.29, 0.717) is 17.6 Å². The highest BCUT2D eigenvalue weighted by molar-refractivity contribution is 7.99. The standard InChI is InChI=1S/C16H22FN3OS/c1-21-15-3-2-11(10-14(15)17)12-8-13(9-12)19-16(18)20-4-6-22-7-5-20/h2-3,10,12-13H,4-9H2,1H3,(H2,18,19). The second kappa shape index (κ2) is 6.77. The van der Waals surface area contributed by atoms with Crippen molar-refractivity contribution in [2.45, 2.75) is 24.8 Å². The lowest BCUT2D eigenvalue weighted by Gasteiger charge is -2.35. The molecule has 0 aromatic heterocycles. The zero-order chi connectivity index (χ0) is 15.5. The summed E-state index contributed by atoms with van der Waals surface area (Å²) in [5.41, 5.74) is 7.12. The lowest BCUT2D eigenvalue weighted by molar-refractivity contribution is 0.342. The number of thioether (sulfide) groups is 1. The fraction of sp³-hybridized carbons (Fsp3) is 0.562. The summed E-state index contributed by atoms with van der Waals surface area (Å²) < 4.78 is 18.7. The molecule has 0 unspecified atom stereocenters. The second-order valence-electron chi connectivity index (χ2n) is 5.80. The van der Waals surface area contributed by atoms with Gasteiger partial charge in [0.15, 0.2) is 17.5 Å². The van der Waals surface area contributed by atoms with Crippen molar-refractivity contribution in [1.29, 1.82) is 0 Å². The molecule has 1 saturated heterocycles. The Morgan fingerprint density at radius 2 is 2.09 bits per heavy atom. The van der Waals surface area contributed by atoms with E-state index in [-0.39, 0.29) is 11.9 Å². The lowest BCUT2D eigenvalue weighted by atomic mass is 9.76. The normalized spacial score (nSPS) is 25.7. The summed E-state index contributed by atoms with van der Waals surface area (Å²) in [6, 6.07) is 5.48. The maximum absolute atomic E-state index is 13.7. The Bertz CT molecular complexity index is 554. The van der Waals surface area contributed by atoms with Crippen LogP contribution in [0.2, 0.25) is 0 Å². The first kappa shape index (κ1) is 15.5. The van der Waals surface area contributed by atoms with Crippen molar-refractivity contribution in [1.82, 2.24) is 4.90 Å². The van der Waals surface area contributed by atoms with Gasteiger partial charge in [0, 0.05) is 24.6 Å². The van der Waals surface area contributed by atoms with Crippen LogP contribution in [0.4, 0.5) is 4.39 Å². The summed E-state index contributed by atoms with van der Waals surface area (Å²) in [5.74, 6) is 3.29. The molecular weight excluding hydrogens is 301 g/mol. The van der Waals surface area contributed by atoms with Crippen LogP contribution in [0.5, 0.6) is 5.75 Å². The van der Waals surface area contributed by atoms with E-state index in [1.807, 2.05) is 17.8 Å². The number of methoxy groups -OCH3 is 1. The van der Waals surface area contributed by atoms with Gasteiger partial charge < -0.3 is 15.4 Å². The Balaban J connectivity index is 1.56. The van der Waals surface area contributed by atoms with Crippen molar-refractivity contribution in [2.24, 2.45) is 10.7 Å². The molecule has 22 heavy (non-hydrogen) atoms. The average molecular weight is 323 g/mol. The van der Waals surface area contributed by atoms with Gasteiger partial charge in [-0.2, -0.15) is 11.8 Å². The number of hydrogen-bond acceptors (Lipinski definition) is 3. The Kier molecular flexibility index (Phi) is 4.76. The number of benzene rings is 1. The van der Waals surface area contributed by atoms with Crippen molar-refractivity contribution in [3.63, 3.8) is 0 Å². The number of rotatable bonds is 3. The van der Waals surface area contributed by atoms with E-state index in [4.69, 9.17) is 10.5 Å². The van der Waals surface area contributed by atoms with Crippen LogP contribution in [0, 0.1) is 5.82 Å². The second-order valence-corrected chi connectivity index (χ2v) is 7.03. The molecule has 0 bridgehead atoms. The van der Waals surface area contributed by atoms with E-state index in [1.165, 1.54) is 7.11 Å². The first-order valence-electron chi connectivity index (χ1n) is 7.66. The lowest BCUT2D eigenvalue weighted by Crippen LogP contribution is -2.44. The molecular formula is C16H22FN3OS. The van der Waals surface area contributed by atoms with Gasteiger partial charge in [0.2, 0.25) is 0 Å². The van der Waals surface area contributed by atoms with Crippen molar-refractivity contribution in [3.8, 4) is 5.75 Å². The fourth-order valence-electron chi connectivity index (χ4n) is 2.96. The molecule has 1 saturated carbocycles. The molecule has 2 aliphatic rings. The van der Waals surface area contributed by atoms with E-state index < -0.39 is 0 Å². The molecule has 120 valence electrons. The molecule has 1 heterocycles. The molecule has 3 rings (SSSR count). The predicted octanol–water partition coefficient (Wildman–Crippen LogP) is 2.44. The molecule has 1 aromatic carbocycles. The van der Waals surface area contributed by atoms with Gasteiger partial charge in [-0.1, -0.05) is 6.07 Å². The molecule has 2 fully saturated rings. The van der Waals surface area contributed by atoms with E-state index in [9.17, 15) is 4.39 Å². The highest BCUT2D eigenvalue weighted by Crippen LogP contribution is 2.39. The Labute approximate surface area is 134 Å². The van der Waals surface area contributed by atoms with Crippen molar-refractivity contribution < 1.29 is 9.13 Å². The monoisotopic (exact) mass is 323 g/mol. The van der Waals surface area contributed by atoms with Gasteiger partial charge in [0.1, 0.15) is 0 Å². The number of nitrogens with two attached hydrogens (primary N) is 1. The smallest absolute Gasteiger partial charge is 0.191 e. The van der Waals surface area contributed by atoms with Gasteiger partial charge in [-0.15, -0.1) is 0 Å². The van der Waals surface area contributed by atoms with Gasteiger partial charge in [0.25, 0.3) is 0 Å². The number of ether oxygens (including phenoxy) is 1. The van der Waals surface area contributed by atoms with E-state index in [2.05, 4.69) is 9.89 Å². The van der Waals surface area contributed by atoms with Gasteiger partial charge in [-0.3, -0.25) is 0 Å². The highest BCUT2D eigenvalue weighted by atomic mass is 32.2. The molecule has 0 radical (unpaired) electrons. The molecule has 0 atom stereocenters. The Hall–Kier alpha value is -1.43. The van der Waals surface area contributed by atoms with Crippen LogP contribution >= 0.6 is 11.8 Å². The summed E-state index contributed by atoms with van der Waals surface area (Å²) in [6.45, 7) is 1.97. The maximum Gasteiger partial charge on any atom is 0.191 e. The summed E-state index contributed by atoms with van der Waals surface area (Å²) in [6.07, 6.45) is 1.88. The molecule has 1 aliphatic heterocycles. The van der Waals surface area contributed by atoms with Crippen LogP contribution in [0.25, 0.3) is 0 Å². The van der Waals surface area contributed by atoms with Crippen LogP contribution in [0.15, 0.2) is 23.2 Å². The first-order valence-corrected chi connectivity index (χ1v) is 8.82. The molecule has 0 amide bonds. The van der Waals surface area contributed by atoms with E-state index in [1.54, 1.807) is 12.1 Å². The molecule has 1 aliphatic carbocycles. The third kappa shape index (κ3) is 3.32. The van der Waals surface area contributed by atoms with Gasteiger partial charge >= 0.3 is 0 Å². The third-order valence-corrected chi connectivity index (χ3v) is 5.35. The number of halogens is 1. The molecule has 1 aromatic rings. The minimum absolute atomic E-state index is 0.268. The summed E-state index contributed by atoms with van der Waals surface area (Å²) in [5, 5.41) is 0. The predicted molar refractivity (Wildman–Crippen MR) is 89.2 cm³/mol. The van der Waals surface area contributed by atoms with Crippen LogP contribution < -0.4 is 10.5 Å². The molecule has 2 N–H and O–H groups in total. The summed E-state index contributed by atoms with van der Waals surface area (Å²) >= 11 is 1.96. The average Bonchev–Trinajstić information content (AvgIpc) is 2.51. The van der Waals surface area contributed by atoms with E-state index >= 15 is 0 Å². The summed E-state index contributed by atoms with van der Waals surface area (Å²) in [7, 11) is 1.48. The van der Waals surface area contributed by atoms with Gasteiger partial charge in [0.05, 0.1) is 13.2 Å². The minimum atomic E-state index is -0.294. The SMILES string of the molecule is COc1ccc(C2CC(N=C(N)N3CCSCC3)C2)cc1F. The molecule has 4 nitrogen and oxygen atoms in total. The fourth-order valence-corrected chi connectivity index (χ4v) is 3.87. The van der Waals surface area contributed by atoms with Gasteiger partial charge in [-0.05, 0) is 36.5 Å². The zero-order valence-corrected chi connectivity index (χ0v) is 13.6. The van der Waals surface area contributed by atoms with Crippen molar-refractivity contribution in [3.05, 3.63) is 29.6 Å². The number of guanidine groups is 1. The molecule has 6 heteroatoms. The van der Waals surface area contributed by atoms with Crippen LogP contribution in [0.1, 0.15) is 24.3 Å². The first-order chi connectivity index (χ1) is 10.7. The Morgan fingerprint density at radius 3 is 2.73 bits per heavy atom. The van der Waals surface area contributed by atoms with Crippen molar-refractivity contribution in [2.75, 3.05) is 31.7 Å². The highest BCUT2D eigenvalue weighted by Gasteiger charge is 2.31. The van der Waals surface area contributed by atoms with Gasteiger partial charge in [-0.25, -0.2) is 9.38 Å². The van der Waals surface area contributed by atoms with Crippen LogP contribution in [-0.4, -0.2) is 48.6 Å².